The second kappa shape index (κ2) is 5.77. The summed E-state index contributed by atoms with van der Waals surface area (Å²) in [5.41, 5.74) is 0.986. The maximum Gasteiger partial charge on any atom is 0.415 e. The monoisotopic (exact) mass is 271 g/mol. The van der Waals surface area contributed by atoms with Crippen LogP contribution in [0.3, 0.4) is 0 Å². The van der Waals surface area contributed by atoms with Crippen molar-refractivity contribution in [2.75, 3.05) is 13.1 Å². The zero-order chi connectivity index (χ0) is 13.8. The Morgan fingerprint density at radius 3 is 2.50 bits per heavy atom. The highest BCUT2D eigenvalue weighted by molar-refractivity contribution is 5.70. The molecule has 1 aliphatic heterocycles. The largest absolute Gasteiger partial charge is 0.415 e. The Bertz CT molecular complexity index is 557. The number of piperidine rings is 1. The molecule has 0 saturated carbocycles. The van der Waals surface area contributed by atoms with Crippen LogP contribution < -0.4 is 4.74 Å². The van der Waals surface area contributed by atoms with Crippen LogP contribution in [0.4, 0.5) is 4.79 Å². The molecular weight excluding hydrogens is 254 g/mol. The number of aromatic nitrogens is 2. The molecule has 5 heteroatoms. The van der Waals surface area contributed by atoms with E-state index in [2.05, 4.69) is 4.98 Å². The molecule has 0 bridgehead atoms. The Kier molecular flexibility index (Phi) is 3.67. The number of likely N-dealkylation sites (tertiary alicyclic amines) is 1. The van der Waals surface area contributed by atoms with E-state index in [4.69, 9.17) is 4.74 Å². The van der Waals surface area contributed by atoms with Crippen molar-refractivity contribution in [3.05, 3.63) is 43.0 Å². The van der Waals surface area contributed by atoms with Crippen molar-refractivity contribution < 1.29 is 9.53 Å². The summed E-state index contributed by atoms with van der Waals surface area (Å²) in [4.78, 5) is 17.7. The molecule has 1 aromatic carbocycles. The van der Waals surface area contributed by atoms with E-state index < -0.39 is 0 Å². The summed E-state index contributed by atoms with van der Waals surface area (Å²) in [6.45, 7) is 1.60. The average molecular weight is 271 g/mol. The predicted octanol–water partition coefficient (Wildman–Crippen LogP) is 2.86. The molecule has 0 aliphatic carbocycles. The van der Waals surface area contributed by atoms with Crippen molar-refractivity contribution in [1.82, 2.24) is 14.5 Å². The number of carbonyl (C=O) groups is 1. The van der Waals surface area contributed by atoms with Crippen LogP contribution in [0.25, 0.3) is 5.69 Å². The zero-order valence-electron chi connectivity index (χ0n) is 11.2. The van der Waals surface area contributed by atoms with Gasteiger partial charge in [-0.05, 0) is 43.5 Å². The van der Waals surface area contributed by atoms with Gasteiger partial charge in [-0.2, -0.15) is 0 Å². The van der Waals surface area contributed by atoms with Crippen LogP contribution in [0.15, 0.2) is 43.0 Å². The molecule has 1 fully saturated rings. The van der Waals surface area contributed by atoms with Crippen LogP contribution in [0.1, 0.15) is 19.3 Å². The Labute approximate surface area is 117 Å². The lowest BCUT2D eigenvalue weighted by molar-refractivity contribution is 0.142. The minimum atomic E-state index is -0.250. The molecule has 20 heavy (non-hydrogen) atoms. The first kappa shape index (κ1) is 12.7. The normalized spacial score (nSPS) is 15.1. The average Bonchev–Trinajstić information content (AvgIpc) is 3.03. The van der Waals surface area contributed by atoms with Gasteiger partial charge >= 0.3 is 6.09 Å². The third kappa shape index (κ3) is 2.82. The Morgan fingerprint density at radius 1 is 1.10 bits per heavy atom. The van der Waals surface area contributed by atoms with E-state index in [1.54, 1.807) is 29.6 Å². The predicted molar refractivity (Wildman–Crippen MR) is 75.0 cm³/mol. The Morgan fingerprint density at radius 2 is 1.85 bits per heavy atom. The number of hydrogen-bond donors (Lipinski definition) is 0. The maximum atomic E-state index is 12.0. The number of nitrogens with zero attached hydrogens (tertiary/aromatic N) is 3. The SMILES string of the molecule is O=C(Oc1ccc(-n2ccnc2)cc1)N1CCCCC1. The summed E-state index contributed by atoms with van der Waals surface area (Å²) >= 11 is 0. The van der Waals surface area contributed by atoms with Crippen LogP contribution in [0, 0.1) is 0 Å². The van der Waals surface area contributed by atoms with Gasteiger partial charge < -0.3 is 14.2 Å². The highest BCUT2D eigenvalue weighted by Gasteiger charge is 2.18. The molecule has 1 amide bonds. The van der Waals surface area contributed by atoms with E-state index in [-0.39, 0.29) is 6.09 Å². The molecule has 1 aliphatic rings. The fourth-order valence-corrected chi connectivity index (χ4v) is 2.34. The van der Waals surface area contributed by atoms with E-state index in [0.29, 0.717) is 5.75 Å². The first-order valence-corrected chi connectivity index (χ1v) is 6.88. The van der Waals surface area contributed by atoms with Crippen molar-refractivity contribution >= 4 is 6.09 Å². The lowest BCUT2D eigenvalue weighted by Crippen LogP contribution is -2.37. The summed E-state index contributed by atoms with van der Waals surface area (Å²) in [7, 11) is 0. The van der Waals surface area contributed by atoms with Crippen molar-refractivity contribution in [2.45, 2.75) is 19.3 Å². The molecule has 0 radical (unpaired) electrons. The quantitative estimate of drug-likeness (QED) is 0.843. The number of rotatable bonds is 2. The molecule has 3 rings (SSSR count). The van der Waals surface area contributed by atoms with E-state index in [9.17, 15) is 4.79 Å². The summed E-state index contributed by atoms with van der Waals surface area (Å²) in [5, 5.41) is 0. The van der Waals surface area contributed by atoms with Gasteiger partial charge in [0.25, 0.3) is 0 Å². The second-order valence-corrected chi connectivity index (χ2v) is 4.88. The standard InChI is InChI=1S/C15H17N3O2/c19-15(17-9-2-1-3-10-17)20-14-6-4-13(5-7-14)18-11-8-16-12-18/h4-8,11-12H,1-3,9-10H2. The molecule has 2 aromatic rings. The summed E-state index contributed by atoms with van der Waals surface area (Å²) in [5.74, 6) is 0.574. The van der Waals surface area contributed by atoms with Gasteiger partial charge in [0.15, 0.2) is 0 Å². The molecule has 0 spiro atoms. The molecule has 1 aromatic heterocycles. The van der Waals surface area contributed by atoms with Crippen LogP contribution in [-0.4, -0.2) is 33.6 Å². The fourth-order valence-electron chi connectivity index (χ4n) is 2.34. The number of carbonyl (C=O) groups excluding carboxylic acids is 1. The van der Waals surface area contributed by atoms with E-state index in [0.717, 1.165) is 31.6 Å². The van der Waals surface area contributed by atoms with Crippen molar-refractivity contribution in [3.63, 3.8) is 0 Å². The fraction of sp³-hybridized carbons (Fsp3) is 0.333. The lowest BCUT2D eigenvalue weighted by Gasteiger charge is -2.25. The minimum absolute atomic E-state index is 0.250. The molecule has 5 nitrogen and oxygen atoms in total. The van der Waals surface area contributed by atoms with Gasteiger partial charge in [0.1, 0.15) is 5.75 Å². The number of imidazole rings is 1. The number of ether oxygens (including phenoxy) is 1. The van der Waals surface area contributed by atoms with Gasteiger partial charge in [-0.3, -0.25) is 0 Å². The summed E-state index contributed by atoms with van der Waals surface area (Å²) in [6, 6.07) is 7.41. The van der Waals surface area contributed by atoms with Gasteiger partial charge in [0.2, 0.25) is 0 Å². The third-order valence-corrected chi connectivity index (χ3v) is 3.46. The lowest BCUT2D eigenvalue weighted by atomic mass is 10.1. The number of amides is 1. The topological polar surface area (TPSA) is 47.4 Å². The highest BCUT2D eigenvalue weighted by atomic mass is 16.6. The van der Waals surface area contributed by atoms with Gasteiger partial charge in [0.05, 0.1) is 6.33 Å². The van der Waals surface area contributed by atoms with Gasteiger partial charge in [0, 0.05) is 31.2 Å². The minimum Gasteiger partial charge on any atom is -0.410 e. The molecule has 2 heterocycles. The highest BCUT2D eigenvalue weighted by Crippen LogP contribution is 2.17. The zero-order valence-corrected chi connectivity index (χ0v) is 11.2. The smallest absolute Gasteiger partial charge is 0.410 e. The molecule has 0 unspecified atom stereocenters. The van der Waals surface area contributed by atoms with Gasteiger partial charge in [-0.25, -0.2) is 9.78 Å². The first-order valence-electron chi connectivity index (χ1n) is 6.88. The van der Waals surface area contributed by atoms with Crippen LogP contribution in [0.5, 0.6) is 5.75 Å². The number of benzene rings is 1. The van der Waals surface area contributed by atoms with Gasteiger partial charge in [-0.1, -0.05) is 0 Å². The van der Waals surface area contributed by atoms with Crippen molar-refractivity contribution in [2.24, 2.45) is 0 Å². The Hall–Kier alpha value is -2.30. The first-order chi connectivity index (χ1) is 9.83. The van der Waals surface area contributed by atoms with Crippen LogP contribution in [-0.2, 0) is 0 Å². The van der Waals surface area contributed by atoms with E-state index in [1.165, 1.54) is 6.42 Å². The Balaban J connectivity index is 1.64. The second-order valence-electron chi connectivity index (χ2n) is 4.88. The summed E-state index contributed by atoms with van der Waals surface area (Å²) in [6.07, 6.45) is 8.40. The molecule has 0 N–H and O–H groups in total. The van der Waals surface area contributed by atoms with Crippen LogP contribution in [0.2, 0.25) is 0 Å². The molecule has 104 valence electrons. The third-order valence-electron chi connectivity index (χ3n) is 3.46. The summed E-state index contributed by atoms with van der Waals surface area (Å²) < 4.78 is 7.29. The van der Waals surface area contributed by atoms with Crippen LogP contribution >= 0.6 is 0 Å². The number of hydrogen-bond acceptors (Lipinski definition) is 3. The molecule has 1 saturated heterocycles. The van der Waals surface area contributed by atoms with E-state index in [1.807, 2.05) is 22.9 Å². The maximum absolute atomic E-state index is 12.0. The molecular formula is C15H17N3O2. The molecule has 0 atom stereocenters. The van der Waals surface area contributed by atoms with Gasteiger partial charge in [-0.15, -0.1) is 0 Å². The van der Waals surface area contributed by atoms with Crippen molar-refractivity contribution in [1.29, 1.82) is 0 Å². The van der Waals surface area contributed by atoms with Crippen molar-refractivity contribution in [3.8, 4) is 11.4 Å². The van der Waals surface area contributed by atoms with E-state index >= 15 is 0 Å².